The lowest BCUT2D eigenvalue weighted by atomic mass is 10.1. The Labute approximate surface area is 119 Å². The van der Waals surface area contributed by atoms with Gasteiger partial charge in [0.2, 0.25) is 0 Å². The Hall–Kier alpha value is -1.67. The second kappa shape index (κ2) is 6.48. The highest BCUT2D eigenvalue weighted by molar-refractivity contribution is 6.30. The lowest BCUT2D eigenvalue weighted by molar-refractivity contribution is 0.341. The van der Waals surface area contributed by atoms with E-state index in [0.29, 0.717) is 6.61 Å². The number of hydrogen-bond acceptors (Lipinski definition) is 2. The maximum Gasteiger partial charge on any atom is 0.142 e. The zero-order valence-electron chi connectivity index (χ0n) is 11.2. The van der Waals surface area contributed by atoms with Crippen LogP contribution < -0.4 is 10.1 Å². The van der Waals surface area contributed by atoms with Crippen molar-refractivity contribution in [1.82, 2.24) is 0 Å². The number of para-hydroxylation sites is 2. The molecule has 2 aromatic rings. The summed E-state index contributed by atoms with van der Waals surface area (Å²) in [7, 11) is 0. The van der Waals surface area contributed by atoms with E-state index in [9.17, 15) is 0 Å². The Morgan fingerprint density at radius 2 is 1.95 bits per heavy atom. The van der Waals surface area contributed by atoms with Gasteiger partial charge in [0.1, 0.15) is 5.75 Å². The van der Waals surface area contributed by atoms with Crippen LogP contribution in [0.15, 0.2) is 48.5 Å². The summed E-state index contributed by atoms with van der Waals surface area (Å²) in [6.07, 6.45) is 0. The zero-order valence-corrected chi connectivity index (χ0v) is 11.9. The molecule has 100 valence electrons. The standard InChI is InChI=1S/C16H18ClNO/c1-3-19-16-10-5-4-9-15(16)18-12(2)13-7-6-8-14(17)11-13/h4-12,18H,3H2,1-2H3. The van der Waals surface area contributed by atoms with Crippen LogP contribution in [0.1, 0.15) is 25.5 Å². The number of hydrogen-bond donors (Lipinski definition) is 1. The molecule has 0 bridgehead atoms. The first kappa shape index (κ1) is 13.8. The van der Waals surface area contributed by atoms with Gasteiger partial charge in [-0.05, 0) is 43.7 Å². The SMILES string of the molecule is CCOc1ccccc1NC(C)c1cccc(Cl)c1. The van der Waals surface area contributed by atoms with Gasteiger partial charge in [-0.1, -0.05) is 35.9 Å². The third-order valence-corrected chi connectivity index (χ3v) is 3.14. The molecule has 0 heterocycles. The molecular formula is C16H18ClNO. The van der Waals surface area contributed by atoms with Crippen LogP contribution in [0.2, 0.25) is 5.02 Å². The summed E-state index contributed by atoms with van der Waals surface area (Å²) in [6, 6.07) is 16.0. The van der Waals surface area contributed by atoms with Crippen molar-refractivity contribution in [1.29, 1.82) is 0 Å². The van der Waals surface area contributed by atoms with Crippen LogP contribution in [-0.4, -0.2) is 6.61 Å². The Kier molecular flexibility index (Phi) is 4.69. The minimum absolute atomic E-state index is 0.167. The first-order valence-electron chi connectivity index (χ1n) is 6.44. The van der Waals surface area contributed by atoms with E-state index >= 15 is 0 Å². The lowest BCUT2D eigenvalue weighted by Gasteiger charge is -2.18. The van der Waals surface area contributed by atoms with Gasteiger partial charge >= 0.3 is 0 Å². The van der Waals surface area contributed by atoms with Crippen LogP contribution >= 0.6 is 11.6 Å². The average Bonchev–Trinajstić information content (AvgIpc) is 2.41. The fraction of sp³-hybridized carbons (Fsp3) is 0.250. The van der Waals surface area contributed by atoms with Gasteiger partial charge in [-0.3, -0.25) is 0 Å². The second-order valence-corrected chi connectivity index (χ2v) is 4.79. The highest BCUT2D eigenvalue weighted by atomic mass is 35.5. The molecule has 0 aliphatic heterocycles. The first-order valence-corrected chi connectivity index (χ1v) is 6.82. The van der Waals surface area contributed by atoms with Crippen LogP contribution in [0.5, 0.6) is 5.75 Å². The van der Waals surface area contributed by atoms with Crippen molar-refractivity contribution in [2.24, 2.45) is 0 Å². The number of halogens is 1. The summed E-state index contributed by atoms with van der Waals surface area (Å²) in [5, 5.41) is 4.21. The summed E-state index contributed by atoms with van der Waals surface area (Å²) in [5.74, 6) is 0.874. The van der Waals surface area contributed by atoms with E-state index in [1.807, 2.05) is 49.4 Å². The average molecular weight is 276 g/mol. The molecule has 0 aliphatic carbocycles. The van der Waals surface area contributed by atoms with Gasteiger partial charge in [-0.15, -0.1) is 0 Å². The molecule has 0 aromatic heterocycles. The molecule has 0 aliphatic rings. The van der Waals surface area contributed by atoms with E-state index in [2.05, 4.69) is 18.3 Å². The molecule has 0 radical (unpaired) electrons. The van der Waals surface area contributed by atoms with Crippen LogP contribution in [0.4, 0.5) is 5.69 Å². The molecule has 0 fully saturated rings. The van der Waals surface area contributed by atoms with E-state index in [4.69, 9.17) is 16.3 Å². The number of ether oxygens (including phenoxy) is 1. The number of nitrogens with one attached hydrogen (secondary N) is 1. The fourth-order valence-electron chi connectivity index (χ4n) is 1.96. The largest absolute Gasteiger partial charge is 0.492 e. The Morgan fingerprint density at radius 3 is 2.68 bits per heavy atom. The molecule has 1 unspecified atom stereocenters. The summed E-state index contributed by atoms with van der Waals surface area (Å²) >= 11 is 6.02. The summed E-state index contributed by atoms with van der Waals surface area (Å²) in [6.45, 7) is 4.75. The Balaban J connectivity index is 2.16. The predicted octanol–water partition coefficient (Wildman–Crippen LogP) is 4.91. The number of benzene rings is 2. The highest BCUT2D eigenvalue weighted by Crippen LogP contribution is 2.28. The van der Waals surface area contributed by atoms with Gasteiger partial charge in [0.15, 0.2) is 0 Å². The van der Waals surface area contributed by atoms with Crippen LogP contribution in [0.25, 0.3) is 0 Å². The van der Waals surface area contributed by atoms with E-state index < -0.39 is 0 Å². The fourth-order valence-corrected chi connectivity index (χ4v) is 2.16. The van der Waals surface area contributed by atoms with Crippen molar-refractivity contribution >= 4 is 17.3 Å². The number of anilines is 1. The summed E-state index contributed by atoms with van der Waals surface area (Å²) in [5.41, 5.74) is 2.15. The van der Waals surface area contributed by atoms with Crippen molar-refractivity contribution < 1.29 is 4.74 Å². The molecule has 0 saturated carbocycles. The Bertz CT molecular complexity index is 542. The highest BCUT2D eigenvalue weighted by Gasteiger charge is 2.08. The van der Waals surface area contributed by atoms with Crippen molar-refractivity contribution in [3.8, 4) is 5.75 Å². The maximum absolute atomic E-state index is 6.02. The molecular weight excluding hydrogens is 258 g/mol. The molecule has 3 heteroatoms. The predicted molar refractivity (Wildman–Crippen MR) is 81.1 cm³/mol. The molecule has 1 atom stereocenters. The second-order valence-electron chi connectivity index (χ2n) is 4.35. The Morgan fingerprint density at radius 1 is 1.16 bits per heavy atom. The molecule has 0 amide bonds. The molecule has 1 N–H and O–H groups in total. The van der Waals surface area contributed by atoms with E-state index in [1.54, 1.807) is 0 Å². The number of rotatable bonds is 5. The maximum atomic E-state index is 6.02. The quantitative estimate of drug-likeness (QED) is 0.837. The topological polar surface area (TPSA) is 21.3 Å². The minimum Gasteiger partial charge on any atom is -0.492 e. The van der Waals surface area contributed by atoms with E-state index in [1.165, 1.54) is 0 Å². The van der Waals surface area contributed by atoms with Gasteiger partial charge in [0, 0.05) is 11.1 Å². The van der Waals surface area contributed by atoms with Crippen molar-refractivity contribution in [2.45, 2.75) is 19.9 Å². The molecule has 2 aromatic carbocycles. The van der Waals surface area contributed by atoms with Crippen molar-refractivity contribution in [3.63, 3.8) is 0 Å². The van der Waals surface area contributed by atoms with E-state index in [0.717, 1.165) is 22.0 Å². The van der Waals surface area contributed by atoms with Crippen molar-refractivity contribution in [3.05, 3.63) is 59.1 Å². The molecule has 0 saturated heterocycles. The molecule has 0 spiro atoms. The van der Waals surface area contributed by atoms with E-state index in [-0.39, 0.29) is 6.04 Å². The van der Waals surface area contributed by atoms with Gasteiger partial charge in [-0.25, -0.2) is 0 Å². The summed E-state index contributed by atoms with van der Waals surface area (Å²) in [4.78, 5) is 0. The summed E-state index contributed by atoms with van der Waals surface area (Å²) < 4.78 is 5.61. The van der Waals surface area contributed by atoms with Crippen LogP contribution in [-0.2, 0) is 0 Å². The van der Waals surface area contributed by atoms with Crippen molar-refractivity contribution in [2.75, 3.05) is 11.9 Å². The normalized spacial score (nSPS) is 11.9. The van der Waals surface area contributed by atoms with Crippen LogP contribution in [0, 0.1) is 0 Å². The monoisotopic (exact) mass is 275 g/mol. The smallest absolute Gasteiger partial charge is 0.142 e. The first-order chi connectivity index (χ1) is 9.20. The third kappa shape index (κ3) is 3.65. The third-order valence-electron chi connectivity index (χ3n) is 2.91. The van der Waals surface area contributed by atoms with Gasteiger partial charge in [-0.2, -0.15) is 0 Å². The minimum atomic E-state index is 0.167. The molecule has 2 rings (SSSR count). The molecule has 19 heavy (non-hydrogen) atoms. The van der Waals surface area contributed by atoms with Gasteiger partial charge in [0.25, 0.3) is 0 Å². The van der Waals surface area contributed by atoms with Crippen LogP contribution in [0.3, 0.4) is 0 Å². The molecule has 2 nitrogen and oxygen atoms in total. The zero-order chi connectivity index (χ0) is 13.7. The van der Waals surface area contributed by atoms with Gasteiger partial charge < -0.3 is 10.1 Å². The van der Waals surface area contributed by atoms with Gasteiger partial charge in [0.05, 0.1) is 12.3 Å². The lowest BCUT2D eigenvalue weighted by Crippen LogP contribution is -2.08.